The molecule has 1 aromatic heterocycles. The molecule has 2 atom stereocenters. The Kier molecular flexibility index (Phi) is 11.8. The Bertz CT molecular complexity index is 2090. The van der Waals surface area contributed by atoms with E-state index in [1.165, 1.54) is 12.1 Å². The molecule has 1 saturated carbocycles. The van der Waals surface area contributed by atoms with E-state index in [2.05, 4.69) is 32.6 Å². The first-order valence-corrected chi connectivity index (χ1v) is 21.2. The van der Waals surface area contributed by atoms with Gasteiger partial charge in [0.25, 0.3) is 8.32 Å². The number of hydrogen-bond acceptors (Lipinski definition) is 5. The SMILES string of the molecule is Cc1c(-c2ccccc2)nc(C2CC2)c(C#CCO[P+](=O)CC(CC(=O)O)O[Si](c2ccccc2)(c2ccccc2)C(C)(C)C)c1-c1ccc(F)cc1. The van der Waals surface area contributed by atoms with Gasteiger partial charge in [-0.2, -0.15) is 0 Å². The number of aromatic nitrogens is 1. The van der Waals surface area contributed by atoms with Gasteiger partial charge in [0, 0.05) is 17.0 Å². The molecule has 0 amide bonds. The Morgan fingerprint density at radius 1 is 0.906 bits per heavy atom. The number of rotatable bonds is 13. The number of pyridine rings is 1. The number of carboxylic acid groups (broad SMARTS) is 1. The predicted molar refractivity (Wildman–Crippen MR) is 212 cm³/mol. The van der Waals surface area contributed by atoms with Crippen LogP contribution in [-0.2, 0) is 18.3 Å². The van der Waals surface area contributed by atoms with Crippen LogP contribution in [0.15, 0.2) is 115 Å². The monoisotopic (exact) mass is 744 g/mol. The third-order valence-corrected chi connectivity index (χ3v) is 15.8. The first-order valence-electron chi connectivity index (χ1n) is 17.9. The van der Waals surface area contributed by atoms with Crippen LogP contribution in [0.25, 0.3) is 22.4 Å². The molecular weight excluding hydrogens is 701 g/mol. The number of carbonyl (C=O) groups is 1. The highest BCUT2D eigenvalue weighted by molar-refractivity contribution is 7.39. The quantitative estimate of drug-likeness (QED) is 0.0735. The van der Waals surface area contributed by atoms with Crippen molar-refractivity contribution in [2.45, 2.75) is 64.0 Å². The smallest absolute Gasteiger partial charge is 0.481 e. The number of carboxylic acids is 1. The maximum atomic E-state index is 14.0. The van der Waals surface area contributed by atoms with E-state index in [1.54, 1.807) is 12.1 Å². The summed E-state index contributed by atoms with van der Waals surface area (Å²) >= 11 is 0. The second-order valence-corrected chi connectivity index (χ2v) is 20.0. The van der Waals surface area contributed by atoms with Gasteiger partial charge in [-0.05, 0) is 63.0 Å². The lowest BCUT2D eigenvalue weighted by Crippen LogP contribution is -2.68. The summed E-state index contributed by atoms with van der Waals surface area (Å²) in [4.78, 5) is 17.3. The van der Waals surface area contributed by atoms with Crippen LogP contribution >= 0.6 is 8.03 Å². The summed E-state index contributed by atoms with van der Waals surface area (Å²) < 4.78 is 40.5. The van der Waals surface area contributed by atoms with Gasteiger partial charge >= 0.3 is 14.0 Å². The van der Waals surface area contributed by atoms with Crippen LogP contribution in [0.1, 0.15) is 62.8 Å². The van der Waals surface area contributed by atoms with Crippen LogP contribution in [0.2, 0.25) is 5.04 Å². The lowest BCUT2D eigenvalue weighted by molar-refractivity contribution is -0.138. The van der Waals surface area contributed by atoms with E-state index in [4.69, 9.17) is 13.9 Å². The van der Waals surface area contributed by atoms with Crippen LogP contribution in [0.5, 0.6) is 0 Å². The fourth-order valence-corrected chi connectivity index (χ4v) is 12.7. The topological polar surface area (TPSA) is 85.7 Å². The summed E-state index contributed by atoms with van der Waals surface area (Å²) in [5, 5.41) is 11.6. The molecule has 270 valence electrons. The zero-order valence-electron chi connectivity index (χ0n) is 30.5. The lowest BCUT2D eigenvalue weighted by atomic mass is 9.90. The van der Waals surface area contributed by atoms with Crippen molar-refractivity contribution in [3.05, 3.63) is 138 Å². The van der Waals surface area contributed by atoms with Crippen LogP contribution in [0.3, 0.4) is 0 Å². The average Bonchev–Trinajstić information content (AvgIpc) is 3.99. The van der Waals surface area contributed by atoms with Crippen molar-refractivity contribution in [2.24, 2.45) is 0 Å². The van der Waals surface area contributed by atoms with Crippen LogP contribution in [0.4, 0.5) is 4.39 Å². The highest BCUT2D eigenvalue weighted by Gasteiger charge is 2.52. The van der Waals surface area contributed by atoms with Gasteiger partial charge in [-0.25, -0.2) is 4.39 Å². The van der Waals surface area contributed by atoms with E-state index in [9.17, 15) is 18.9 Å². The largest absolute Gasteiger partial charge is 0.511 e. The van der Waals surface area contributed by atoms with Crippen LogP contribution < -0.4 is 10.4 Å². The molecule has 5 aromatic rings. The normalized spacial score (nSPS) is 13.9. The van der Waals surface area contributed by atoms with Gasteiger partial charge in [-0.15, -0.1) is 4.52 Å². The zero-order valence-corrected chi connectivity index (χ0v) is 32.4. The number of nitrogens with zero attached hydrogens (tertiary/aromatic N) is 1. The summed E-state index contributed by atoms with van der Waals surface area (Å²) in [5.74, 6) is 5.28. The molecule has 0 saturated heterocycles. The Labute approximate surface area is 313 Å². The third-order valence-electron chi connectivity index (χ3n) is 9.62. The standard InChI is InChI=1S/C44H43FNO5PSi/c1-31-41(32-24-26-35(45)27-25-32)39(43(34-22-23-34)46-42(31)33-15-8-5-9-16-33)21-14-28-50-52(49)30-36(29-40(47)48)51-53(44(2,3)4,37-17-10-6-11-18-37)38-19-12-7-13-20-38/h5-13,15-20,24-27,34,36H,22-23,28-30H2,1-4H3/p+1. The molecule has 0 spiro atoms. The molecule has 1 fully saturated rings. The molecule has 0 bridgehead atoms. The van der Waals surface area contributed by atoms with E-state index in [-0.39, 0.29) is 30.9 Å². The summed E-state index contributed by atoms with van der Waals surface area (Å²) in [6, 6.07) is 36.3. The summed E-state index contributed by atoms with van der Waals surface area (Å²) in [5.41, 5.74) is 6.16. The molecule has 4 aromatic carbocycles. The maximum absolute atomic E-state index is 14.0. The Morgan fingerprint density at radius 3 is 2.00 bits per heavy atom. The van der Waals surface area contributed by atoms with Gasteiger partial charge in [0.05, 0.1) is 23.4 Å². The highest BCUT2D eigenvalue weighted by atomic mass is 31.1. The summed E-state index contributed by atoms with van der Waals surface area (Å²) in [6.07, 6.45) is 0.694. The minimum absolute atomic E-state index is 0.103. The molecule has 2 unspecified atom stereocenters. The molecular formula is C44H44FNO5PSi+. The van der Waals surface area contributed by atoms with Gasteiger partial charge in [-0.1, -0.05) is 136 Å². The van der Waals surface area contributed by atoms with E-state index in [0.717, 1.165) is 62.4 Å². The van der Waals surface area contributed by atoms with Gasteiger partial charge in [0.1, 0.15) is 11.9 Å². The van der Waals surface area contributed by atoms with Crippen LogP contribution in [-0.4, -0.2) is 43.2 Å². The minimum Gasteiger partial charge on any atom is -0.481 e. The van der Waals surface area contributed by atoms with E-state index in [1.807, 2.05) is 97.9 Å². The zero-order chi connectivity index (χ0) is 37.6. The predicted octanol–water partition coefficient (Wildman–Crippen LogP) is 9.27. The molecule has 1 aliphatic carbocycles. The Hall–Kier alpha value is -4.77. The third kappa shape index (κ3) is 8.72. The number of aliphatic carboxylic acids is 1. The van der Waals surface area contributed by atoms with E-state index < -0.39 is 33.5 Å². The molecule has 53 heavy (non-hydrogen) atoms. The van der Waals surface area contributed by atoms with E-state index >= 15 is 0 Å². The Morgan fingerprint density at radius 2 is 1.47 bits per heavy atom. The minimum atomic E-state index is -3.12. The molecule has 1 N–H and O–H groups in total. The Balaban J connectivity index is 1.29. The molecule has 6 rings (SSSR count). The van der Waals surface area contributed by atoms with Gasteiger partial charge in [-0.3, -0.25) is 9.78 Å². The van der Waals surface area contributed by atoms with Crippen molar-refractivity contribution in [1.29, 1.82) is 0 Å². The van der Waals surface area contributed by atoms with Gasteiger partial charge < -0.3 is 9.53 Å². The summed E-state index contributed by atoms with van der Waals surface area (Å²) in [7, 11) is -5.46. The van der Waals surface area contributed by atoms with Gasteiger partial charge in [0.2, 0.25) is 6.16 Å². The van der Waals surface area contributed by atoms with Gasteiger partial charge in [0.15, 0.2) is 6.61 Å². The van der Waals surface area contributed by atoms with E-state index in [0.29, 0.717) is 0 Å². The highest BCUT2D eigenvalue weighted by Crippen LogP contribution is 2.45. The molecule has 0 aliphatic heterocycles. The van der Waals surface area contributed by atoms with Crippen molar-refractivity contribution in [3.63, 3.8) is 0 Å². The molecule has 1 aliphatic rings. The molecule has 6 nitrogen and oxygen atoms in total. The average molecular weight is 745 g/mol. The second-order valence-electron chi connectivity index (χ2n) is 14.5. The van der Waals surface area contributed by atoms with Crippen molar-refractivity contribution in [1.82, 2.24) is 4.98 Å². The number of halogens is 1. The van der Waals surface area contributed by atoms with Crippen molar-refractivity contribution in [2.75, 3.05) is 12.8 Å². The van der Waals surface area contributed by atoms with Crippen molar-refractivity contribution < 1.29 is 27.8 Å². The van der Waals surface area contributed by atoms with Crippen LogP contribution in [0, 0.1) is 24.6 Å². The van der Waals surface area contributed by atoms with Crippen molar-refractivity contribution in [3.8, 4) is 34.2 Å². The first kappa shape index (κ1) is 38.0. The van der Waals surface area contributed by atoms with Crippen molar-refractivity contribution >= 4 is 32.7 Å². The molecule has 0 radical (unpaired) electrons. The fraction of sp³-hybridized carbons (Fsp3) is 0.273. The number of benzene rings is 4. The fourth-order valence-electron chi connectivity index (χ4n) is 7.05. The second kappa shape index (κ2) is 16.5. The lowest BCUT2D eigenvalue weighted by Gasteiger charge is -2.44. The molecule has 9 heteroatoms. The molecule has 1 heterocycles. The summed E-state index contributed by atoms with van der Waals surface area (Å²) in [6.45, 7) is 8.21. The first-order chi connectivity index (χ1) is 25.5. The number of hydrogen-bond donors (Lipinski definition) is 1. The maximum Gasteiger partial charge on any atom is 0.511 e.